The highest BCUT2D eigenvalue weighted by Crippen LogP contribution is 2.41. The van der Waals surface area contributed by atoms with Crippen LogP contribution < -0.4 is 5.32 Å². The molecule has 4 aliphatic rings. The van der Waals surface area contributed by atoms with Gasteiger partial charge in [-0.25, -0.2) is 0 Å². The van der Waals surface area contributed by atoms with Gasteiger partial charge < -0.3 is 68.3 Å². The van der Waals surface area contributed by atoms with E-state index in [0.29, 0.717) is 13.0 Å². The molecule has 62 heavy (non-hydrogen) atoms. The van der Waals surface area contributed by atoms with Gasteiger partial charge >= 0.3 is 11.9 Å². The SMILES string of the molecule is CC[C@H]1OC(=O)[C@H](C)[C@@H](O[C@H]2C[C@@](C)(OC)[C@@H](OC(=O)CCN3CCCC3)[C@H](C)O2)[C@H](C)[C@@H](O[C@@H]2O[C@H](C)C[C@H](N(C)C)[C@H]2O)[C@](C)(OC)C[C@@H](C)C(=O)N[C@H](C)[C@@H](O)[C@]1(C)O. The minimum atomic E-state index is -1.97. The third-order valence-electron chi connectivity index (χ3n) is 14.2. The number of nitrogens with zero attached hydrogens (tertiary/aromatic N) is 2. The highest BCUT2D eigenvalue weighted by molar-refractivity contribution is 5.78. The molecule has 4 N–H and O–H groups in total. The molecule has 4 saturated heterocycles. The molecule has 4 fully saturated rings. The average molecular weight is 888 g/mol. The number of aliphatic hydroxyl groups is 3. The van der Waals surface area contributed by atoms with Crippen LogP contribution in [0.3, 0.4) is 0 Å². The number of rotatable bonds is 12. The van der Waals surface area contributed by atoms with Gasteiger partial charge in [-0.3, -0.25) is 14.4 Å². The molecule has 17 heteroatoms. The zero-order chi connectivity index (χ0) is 46.5. The molecule has 0 radical (unpaired) electrons. The third-order valence-corrected chi connectivity index (χ3v) is 14.2. The largest absolute Gasteiger partial charge is 0.459 e. The predicted molar refractivity (Wildman–Crippen MR) is 229 cm³/mol. The fourth-order valence-corrected chi connectivity index (χ4v) is 10.1. The topological polar surface area (TPSA) is 204 Å². The van der Waals surface area contributed by atoms with Crippen LogP contribution in [0.4, 0.5) is 0 Å². The number of nitrogens with one attached hydrogen (secondary N) is 1. The van der Waals surface area contributed by atoms with Gasteiger partial charge in [-0.1, -0.05) is 20.8 Å². The van der Waals surface area contributed by atoms with Crippen LogP contribution in [-0.2, 0) is 52.3 Å². The number of carbonyl (C=O) groups is 3. The number of likely N-dealkylation sites (N-methyl/N-ethyl adjacent to an activating group) is 1. The zero-order valence-electron chi connectivity index (χ0n) is 40.0. The van der Waals surface area contributed by atoms with Crippen LogP contribution in [0.15, 0.2) is 0 Å². The number of cyclic esters (lactones) is 1. The van der Waals surface area contributed by atoms with Gasteiger partial charge in [0.15, 0.2) is 18.7 Å². The van der Waals surface area contributed by atoms with E-state index < -0.39 is 108 Å². The van der Waals surface area contributed by atoms with E-state index in [1.54, 1.807) is 48.7 Å². The molecular formula is C45H81N3O14. The second-order valence-electron chi connectivity index (χ2n) is 19.5. The maximum atomic E-state index is 14.5. The summed E-state index contributed by atoms with van der Waals surface area (Å²) in [6.45, 7) is 19.8. The summed E-state index contributed by atoms with van der Waals surface area (Å²) >= 11 is 0. The number of carbonyl (C=O) groups excluding carboxylic acids is 3. The summed E-state index contributed by atoms with van der Waals surface area (Å²) in [4.78, 5) is 45.7. The van der Waals surface area contributed by atoms with Crippen molar-refractivity contribution in [3.05, 3.63) is 0 Å². The average Bonchev–Trinajstić information content (AvgIpc) is 3.75. The first kappa shape index (κ1) is 52.6. The molecule has 0 aromatic rings. The maximum absolute atomic E-state index is 14.5. The summed E-state index contributed by atoms with van der Waals surface area (Å²) in [5.74, 6) is -4.03. The Hall–Kier alpha value is -2.03. The lowest BCUT2D eigenvalue weighted by Gasteiger charge is -2.49. The van der Waals surface area contributed by atoms with Crippen molar-refractivity contribution in [1.29, 1.82) is 0 Å². The summed E-state index contributed by atoms with van der Waals surface area (Å²) < 4.78 is 51.1. The Kier molecular flexibility index (Phi) is 18.6. The first-order chi connectivity index (χ1) is 28.9. The lowest BCUT2D eigenvalue weighted by atomic mass is 9.77. The van der Waals surface area contributed by atoms with Crippen LogP contribution in [-0.4, -0.2) is 181 Å². The van der Waals surface area contributed by atoms with Crippen molar-refractivity contribution < 1.29 is 67.6 Å². The van der Waals surface area contributed by atoms with Gasteiger partial charge in [-0.05, 0) is 108 Å². The summed E-state index contributed by atoms with van der Waals surface area (Å²) in [6.07, 6.45) is -6.38. The number of hydrogen-bond acceptors (Lipinski definition) is 16. The van der Waals surface area contributed by atoms with E-state index >= 15 is 0 Å². The van der Waals surface area contributed by atoms with Gasteiger partial charge in [0.25, 0.3) is 0 Å². The Labute approximate surface area is 370 Å². The van der Waals surface area contributed by atoms with E-state index in [1.165, 1.54) is 14.0 Å². The Balaban J connectivity index is 1.78. The summed E-state index contributed by atoms with van der Waals surface area (Å²) in [5, 5.41) is 37.8. The van der Waals surface area contributed by atoms with E-state index in [1.807, 2.05) is 39.8 Å². The Morgan fingerprint density at radius 2 is 1.53 bits per heavy atom. The molecule has 0 aromatic heterocycles. The van der Waals surface area contributed by atoms with Crippen LogP contribution in [0, 0.1) is 17.8 Å². The number of esters is 2. The summed E-state index contributed by atoms with van der Waals surface area (Å²) in [5.41, 5.74) is -4.31. The number of methoxy groups -OCH3 is 2. The fraction of sp³-hybridized carbons (Fsp3) is 0.933. The third kappa shape index (κ3) is 12.2. The standard InChI is InChI=1S/C45H81N3O14/c1-15-32-45(10,54)37(51)29(6)46-40(52)25(2)23-43(8,55-13)38(62-42-35(50)31(47(11)12)22-26(3)57-42)27(4)36(28(5)41(53)59-32)61-34-24-44(9,56-14)39(30(7)58-34)60-33(49)18-21-48-19-16-17-20-48/h25-32,34-39,42,50-51,54H,15-24H2,1-14H3,(H,46,52)/t25-,26-,27+,28-,29-,30+,31+,32-,34+,35-,36+,37-,38-,39+,42+,43-,44-,45-/m1/s1. The van der Waals surface area contributed by atoms with Crippen LogP contribution >= 0.6 is 0 Å². The van der Waals surface area contributed by atoms with Crippen LogP contribution in [0.2, 0.25) is 0 Å². The van der Waals surface area contributed by atoms with Crippen molar-refractivity contribution in [3.63, 3.8) is 0 Å². The Bertz CT molecular complexity index is 1470. The molecule has 18 atom stereocenters. The van der Waals surface area contributed by atoms with Gasteiger partial charge in [0.1, 0.15) is 29.5 Å². The van der Waals surface area contributed by atoms with Crippen molar-refractivity contribution in [1.82, 2.24) is 15.1 Å². The number of aliphatic hydroxyl groups excluding tert-OH is 2. The summed E-state index contributed by atoms with van der Waals surface area (Å²) in [6, 6.07) is -1.24. The molecule has 1 amide bonds. The predicted octanol–water partition coefficient (Wildman–Crippen LogP) is 2.78. The van der Waals surface area contributed by atoms with Gasteiger partial charge in [-0.15, -0.1) is 0 Å². The van der Waals surface area contributed by atoms with Crippen molar-refractivity contribution in [2.24, 2.45) is 17.8 Å². The molecule has 17 nitrogen and oxygen atoms in total. The molecule has 0 spiro atoms. The van der Waals surface area contributed by atoms with E-state index in [0.717, 1.165) is 25.9 Å². The van der Waals surface area contributed by atoms with Gasteiger partial charge in [0.05, 0.1) is 48.4 Å². The van der Waals surface area contributed by atoms with Gasteiger partial charge in [0.2, 0.25) is 5.91 Å². The molecule has 360 valence electrons. The van der Waals surface area contributed by atoms with E-state index in [2.05, 4.69) is 10.2 Å². The lowest BCUT2D eigenvalue weighted by molar-refractivity contribution is -0.320. The normalized spacial score (nSPS) is 44.6. The molecule has 0 unspecified atom stereocenters. The molecule has 0 saturated carbocycles. The number of ether oxygens (including phenoxy) is 8. The van der Waals surface area contributed by atoms with E-state index in [9.17, 15) is 29.7 Å². The summed E-state index contributed by atoms with van der Waals surface area (Å²) in [7, 11) is 6.81. The zero-order valence-corrected chi connectivity index (χ0v) is 40.0. The monoisotopic (exact) mass is 888 g/mol. The van der Waals surface area contributed by atoms with Crippen molar-refractivity contribution in [3.8, 4) is 0 Å². The highest BCUT2D eigenvalue weighted by atomic mass is 16.7. The Morgan fingerprint density at radius 3 is 2.11 bits per heavy atom. The first-order valence-corrected chi connectivity index (χ1v) is 22.8. The highest BCUT2D eigenvalue weighted by Gasteiger charge is 2.54. The van der Waals surface area contributed by atoms with Crippen LogP contribution in [0.5, 0.6) is 0 Å². The second kappa shape index (κ2) is 22.0. The molecule has 4 heterocycles. The van der Waals surface area contributed by atoms with Crippen LogP contribution in [0.1, 0.15) is 114 Å². The molecular weight excluding hydrogens is 807 g/mol. The van der Waals surface area contributed by atoms with E-state index in [-0.39, 0.29) is 43.8 Å². The second-order valence-corrected chi connectivity index (χ2v) is 19.5. The van der Waals surface area contributed by atoms with Crippen LogP contribution in [0.25, 0.3) is 0 Å². The number of amides is 1. The molecule has 4 aliphatic heterocycles. The maximum Gasteiger partial charge on any atom is 0.311 e. The number of likely N-dealkylation sites (tertiary alicyclic amines) is 1. The van der Waals surface area contributed by atoms with Gasteiger partial charge in [0, 0.05) is 45.1 Å². The molecule has 0 bridgehead atoms. The molecule has 4 rings (SSSR count). The Morgan fingerprint density at radius 1 is 0.919 bits per heavy atom. The van der Waals surface area contributed by atoms with Crippen molar-refractivity contribution in [2.45, 2.75) is 204 Å². The first-order valence-electron chi connectivity index (χ1n) is 22.8. The lowest BCUT2D eigenvalue weighted by Crippen LogP contribution is -2.61. The quantitative estimate of drug-likeness (QED) is 0.208. The van der Waals surface area contributed by atoms with Crippen molar-refractivity contribution in [2.75, 3.05) is 47.9 Å². The minimum Gasteiger partial charge on any atom is -0.459 e. The van der Waals surface area contributed by atoms with Crippen molar-refractivity contribution >= 4 is 17.8 Å². The minimum absolute atomic E-state index is 0.0890. The molecule has 0 aromatic carbocycles. The smallest absolute Gasteiger partial charge is 0.311 e. The van der Waals surface area contributed by atoms with Gasteiger partial charge in [-0.2, -0.15) is 0 Å². The molecule has 0 aliphatic carbocycles. The number of hydrogen-bond donors (Lipinski definition) is 4. The fourth-order valence-electron chi connectivity index (χ4n) is 10.1. The van der Waals surface area contributed by atoms with E-state index in [4.69, 9.17) is 37.9 Å².